The zero-order valence-electron chi connectivity index (χ0n) is 11.0. The maximum atomic E-state index is 12.2. The number of alkyl halides is 2. The number of halogens is 2. The summed E-state index contributed by atoms with van der Waals surface area (Å²) in [6.07, 6.45) is -0.777. The van der Waals surface area contributed by atoms with Crippen LogP contribution in [0.5, 0.6) is 5.75 Å². The Kier molecular flexibility index (Phi) is 5.20. The van der Waals surface area contributed by atoms with Gasteiger partial charge in [-0.25, -0.2) is 0 Å². The molecule has 0 amide bonds. The van der Waals surface area contributed by atoms with Crippen molar-refractivity contribution in [3.8, 4) is 11.8 Å². The van der Waals surface area contributed by atoms with Crippen LogP contribution in [0, 0.1) is 11.3 Å². The average molecular weight is 297 g/mol. The van der Waals surface area contributed by atoms with Crippen molar-refractivity contribution in [1.29, 1.82) is 5.26 Å². The minimum absolute atomic E-state index is 0.0323. The van der Waals surface area contributed by atoms with Gasteiger partial charge in [0.1, 0.15) is 17.8 Å². The third-order valence-electron chi connectivity index (χ3n) is 2.99. The first-order valence-electron chi connectivity index (χ1n) is 6.29. The van der Waals surface area contributed by atoms with Gasteiger partial charge in [0.25, 0.3) is 0 Å². The molecule has 0 aromatic heterocycles. The summed E-state index contributed by atoms with van der Waals surface area (Å²) in [6.45, 7) is -2.09. The Hall–Kier alpha value is -2.04. The zero-order chi connectivity index (χ0) is 15.2. The molecule has 1 saturated heterocycles. The van der Waals surface area contributed by atoms with Gasteiger partial charge in [0.2, 0.25) is 0 Å². The summed E-state index contributed by atoms with van der Waals surface area (Å²) < 4.78 is 38.7. The van der Waals surface area contributed by atoms with E-state index in [2.05, 4.69) is 4.74 Å². The zero-order valence-corrected chi connectivity index (χ0v) is 11.0. The van der Waals surface area contributed by atoms with Gasteiger partial charge in [-0.2, -0.15) is 14.0 Å². The Balaban J connectivity index is 2.09. The molecule has 1 fully saturated rings. The highest BCUT2D eigenvalue weighted by Crippen LogP contribution is 2.23. The molecule has 1 aromatic rings. The molecule has 2 atom stereocenters. The molecule has 2 rings (SSSR count). The van der Waals surface area contributed by atoms with Crippen LogP contribution >= 0.6 is 0 Å². The fourth-order valence-corrected chi connectivity index (χ4v) is 1.98. The Bertz CT molecular complexity index is 521. The number of rotatable bonds is 5. The van der Waals surface area contributed by atoms with Crippen molar-refractivity contribution in [2.75, 3.05) is 19.8 Å². The van der Waals surface area contributed by atoms with Gasteiger partial charge in [-0.1, -0.05) is 12.1 Å². The van der Waals surface area contributed by atoms with Crippen molar-refractivity contribution < 1.29 is 27.8 Å². The van der Waals surface area contributed by atoms with E-state index in [9.17, 15) is 18.8 Å². The summed E-state index contributed by atoms with van der Waals surface area (Å²) >= 11 is 0. The molecule has 1 heterocycles. The van der Waals surface area contributed by atoms with E-state index in [0.29, 0.717) is 18.8 Å². The van der Waals surface area contributed by atoms with E-state index in [4.69, 9.17) is 9.47 Å². The van der Waals surface area contributed by atoms with Crippen LogP contribution in [0.1, 0.15) is 11.5 Å². The molecule has 112 valence electrons. The second-order valence-electron chi connectivity index (χ2n) is 4.35. The van der Waals surface area contributed by atoms with Crippen molar-refractivity contribution in [2.45, 2.75) is 18.6 Å². The van der Waals surface area contributed by atoms with Crippen LogP contribution in [0.2, 0.25) is 0 Å². The summed E-state index contributed by atoms with van der Waals surface area (Å²) in [5, 5.41) is 9.18. The monoisotopic (exact) mass is 297 g/mol. The normalized spacial score (nSPS) is 19.8. The predicted molar refractivity (Wildman–Crippen MR) is 67.0 cm³/mol. The van der Waals surface area contributed by atoms with Crippen LogP contribution in [0.25, 0.3) is 0 Å². The Morgan fingerprint density at radius 3 is 2.57 bits per heavy atom. The number of nitriles is 1. The lowest BCUT2D eigenvalue weighted by Crippen LogP contribution is -2.38. The van der Waals surface area contributed by atoms with Crippen molar-refractivity contribution in [1.82, 2.24) is 0 Å². The Morgan fingerprint density at radius 1 is 1.33 bits per heavy atom. The summed E-state index contributed by atoms with van der Waals surface area (Å²) in [7, 11) is 0. The predicted octanol–water partition coefficient (Wildman–Crippen LogP) is 1.88. The minimum atomic E-state index is -2.92. The van der Waals surface area contributed by atoms with Gasteiger partial charge in [0, 0.05) is 0 Å². The van der Waals surface area contributed by atoms with E-state index in [-0.39, 0.29) is 12.4 Å². The molecule has 0 spiro atoms. The maximum absolute atomic E-state index is 12.2. The smallest absolute Gasteiger partial charge is 0.387 e. The third kappa shape index (κ3) is 3.97. The SMILES string of the molecule is N#CC(C(=O)C1COCCO1)c1ccc(OC(F)F)cc1. The molecule has 5 nitrogen and oxygen atoms in total. The topological polar surface area (TPSA) is 68.6 Å². The number of ketones is 1. The van der Waals surface area contributed by atoms with Crippen molar-refractivity contribution in [3.05, 3.63) is 29.8 Å². The van der Waals surface area contributed by atoms with Crippen LogP contribution < -0.4 is 4.74 Å². The highest BCUT2D eigenvalue weighted by Gasteiger charge is 2.30. The Labute approximate surface area is 120 Å². The summed E-state index contributed by atoms with van der Waals surface area (Å²) in [5.74, 6) is -1.47. The van der Waals surface area contributed by atoms with Crippen molar-refractivity contribution in [3.63, 3.8) is 0 Å². The number of benzene rings is 1. The van der Waals surface area contributed by atoms with Crippen molar-refractivity contribution >= 4 is 5.78 Å². The molecule has 0 saturated carbocycles. The molecule has 1 aliphatic heterocycles. The lowest BCUT2D eigenvalue weighted by atomic mass is 9.93. The standard InChI is InChI=1S/C14H13F2NO4/c15-14(16)21-10-3-1-9(2-4-10)11(7-17)13(18)12-8-19-5-6-20-12/h1-4,11-12,14H,5-6,8H2. The highest BCUT2D eigenvalue weighted by molar-refractivity contribution is 5.92. The number of hydrogen-bond acceptors (Lipinski definition) is 5. The number of ether oxygens (including phenoxy) is 3. The number of nitrogens with zero attached hydrogens (tertiary/aromatic N) is 1. The molecule has 1 aromatic carbocycles. The molecular formula is C14H13F2NO4. The first-order valence-corrected chi connectivity index (χ1v) is 6.29. The first kappa shape index (κ1) is 15.4. The molecule has 0 radical (unpaired) electrons. The molecule has 0 aliphatic carbocycles. The maximum Gasteiger partial charge on any atom is 0.387 e. The van der Waals surface area contributed by atoms with E-state index in [1.807, 2.05) is 6.07 Å². The third-order valence-corrected chi connectivity index (χ3v) is 2.99. The minimum Gasteiger partial charge on any atom is -0.435 e. The van der Waals surface area contributed by atoms with Crippen LogP contribution in [-0.4, -0.2) is 38.3 Å². The first-order chi connectivity index (χ1) is 10.1. The molecule has 1 aliphatic rings. The molecule has 21 heavy (non-hydrogen) atoms. The molecule has 7 heteroatoms. The summed E-state index contributed by atoms with van der Waals surface area (Å²) in [6, 6.07) is 7.30. The number of carbonyl (C=O) groups is 1. The van der Waals surface area contributed by atoms with Crippen LogP contribution in [0.15, 0.2) is 24.3 Å². The van der Waals surface area contributed by atoms with E-state index in [1.54, 1.807) is 0 Å². The number of hydrogen-bond donors (Lipinski definition) is 0. The van der Waals surface area contributed by atoms with Gasteiger partial charge in [-0.15, -0.1) is 0 Å². The molecule has 2 unspecified atom stereocenters. The fraction of sp³-hybridized carbons (Fsp3) is 0.429. The molecule has 0 bridgehead atoms. The van der Waals surface area contributed by atoms with E-state index >= 15 is 0 Å². The fourth-order valence-electron chi connectivity index (χ4n) is 1.98. The van der Waals surface area contributed by atoms with Crippen molar-refractivity contribution in [2.24, 2.45) is 0 Å². The Morgan fingerprint density at radius 2 is 2.05 bits per heavy atom. The molecular weight excluding hydrogens is 284 g/mol. The van der Waals surface area contributed by atoms with Gasteiger partial charge in [-0.05, 0) is 17.7 Å². The van der Waals surface area contributed by atoms with Gasteiger partial charge in [0.15, 0.2) is 5.78 Å². The van der Waals surface area contributed by atoms with E-state index < -0.39 is 24.4 Å². The van der Waals surface area contributed by atoms with Crippen LogP contribution in [0.4, 0.5) is 8.78 Å². The van der Waals surface area contributed by atoms with E-state index in [0.717, 1.165) is 0 Å². The van der Waals surface area contributed by atoms with Crippen LogP contribution in [0.3, 0.4) is 0 Å². The van der Waals surface area contributed by atoms with Crippen LogP contribution in [-0.2, 0) is 14.3 Å². The van der Waals surface area contributed by atoms with Gasteiger partial charge in [-0.3, -0.25) is 4.79 Å². The lowest BCUT2D eigenvalue weighted by molar-refractivity contribution is -0.145. The summed E-state index contributed by atoms with van der Waals surface area (Å²) in [5.41, 5.74) is 0.401. The van der Waals surface area contributed by atoms with Gasteiger partial charge >= 0.3 is 6.61 Å². The number of Topliss-reactive ketones (excluding diaryl/α,β-unsaturated/α-hetero) is 1. The quantitative estimate of drug-likeness (QED) is 0.830. The molecule has 0 N–H and O–H groups in total. The average Bonchev–Trinajstić information content (AvgIpc) is 2.50. The second-order valence-corrected chi connectivity index (χ2v) is 4.35. The van der Waals surface area contributed by atoms with E-state index in [1.165, 1.54) is 24.3 Å². The lowest BCUT2D eigenvalue weighted by Gasteiger charge is -2.23. The second kappa shape index (κ2) is 7.11. The highest BCUT2D eigenvalue weighted by atomic mass is 19.3. The largest absolute Gasteiger partial charge is 0.435 e. The van der Waals surface area contributed by atoms with Gasteiger partial charge < -0.3 is 14.2 Å². The summed E-state index contributed by atoms with van der Waals surface area (Å²) in [4.78, 5) is 12.2. The van der Waals surface area contributed by atoms with Gasteiger partial charge in [0.05, 0.1) is 25.9 Å². The number of carbonyl (C=O) groups excluding carboxylic acids is 1.